The van der Waals surface area contributed by atoms with Gasteiger partial charge in [0, 0.05) is 6.20 Å². The molecule has 92 valence electrons. The summed E-state index contributed by atoms with van der Waals surface area (Å²) in [6.07, 6.45) is 1.66. The van der Waals surface area contributed by atoms with Gasteiger partial charge >= 0.3 is 5.97 Å². The molecule has 0 aliphatic carbocycles. The van der Waals surface area contributed by atoms with Gasteiger partial charge in [0.2, 0.25) is 0 Å². The van der Waals surface area contributed by atoms with Crippen molar-refractivity contribution in [1.82, 2.24) is 4.98 Å². The van der Waals surface area contributed by atoms with Crippen molar-refractivity contribution in [2.24, 2.45) is 0 Å². The number of aromatic nitrogens is 1. The Hall–Kier alpha value is -2.36. The van der Waals surface area contributed by atoms with Gasteiger partial charge in [-0.2, -0.15) is 0 Å². The summed E-state index contributed by atoms with van der Waals surface area (Å²) >= 11 is 0. The van der Waals surface area contributed by atoms with Gasteiger partial charge in [0.05, 0.1) is 18.4 Å². The van der Waals surface area contributed by atoms with Gasteiger partial charge in [-0.25, -0.2) is 4.79 Å². The van der Waals surface area contributed by atoms with Crippen molar-refractivity contribution < 1.29 is 14.3 Å². The Morgan fingerprint density at radius 1 is 1.22 bits per heavy atom. The van der Waals surface area contributed by atoms with E-state index in [1.54, 1.807) is 43.6 Å². The van der Waals surface area contributed by atoms with Crippen LogP contribution in [0.2, 0.25) is 0 Å². The second kappa shape index (κ2) is 5.82. The van der Waals surface area contributed by atoms with Crippen molar-refractivity contribution in [2.75, 3.05) is 7.11 Å². The number of nitrogens with zero attached hydrogens (tertiary/aromatic N) is 1. The second-order valence-electron chi connectivity index (χ2n) is 3.63. The zero-order valence-electron chi connectivity index (χ0n) is 10.00. The molecule has 1 heterocycles. The summed E-state index contributed by atoms with van der Waals surface area (Å²) < 4.78 is 10.2. The summed E-state index contributed by atoms with van der Waals surface area (Å²) in [7, 11) is 1.55. The summed E-state index contributed by atoms with van der Waals surface area (Å²) in [5.41, 5.74) is 1.18. The molecular weight excluding hydrogens is 230 g/mol. The van der Waals surface area contributed by atoms with E-state index in [-0.39, 0.29) is 12.6 Å². The van der Waals surface area contributed by atoms with Gasteiger partial charge in [-0.05, 0) is 30.3 Å². The predicted molar refractivity (Wildman–Crippen MR) is 66.4 cm³/mol. The lowest BCUT2D eigenvalue weighted by Gasteiger charge is -2.05. The third-order valence-corrected chi connectivity index (χ3v) is 2.38. The molecule has 2 rings (SSSR count). The van der Waals surface area contributed by atoms with E-state index in [4.69, 9.17) is 9.47 Å². The van der Waals surface area contributed by atoms with E-state index < -0.39 is 0 Å². The molecule has 0 aliphatic heterocycles. The van der Waals surface area contributed by atoms with Gasteiger partial charge in [0.15, 0.2) is 0 Å². The molecule has 0 fully saturated rings. The first-order chi connectivity index (χ1) is 8.79. The lowest BCUT2D eigenvalue weighted by molar-refractivity contribution is 0.0467. The number of methoxy groups -OCH3 is 1. The predicted octanol–water partition coefficient (Wildman–Crippen LogP) is 2.45. The molecule has 0 atom stereocenters. The van der Waals surface area contributed by atoms with Gasteiger partial charge in [-0.3, -0.25) is 4.98 Å². The van der Waals surface area contributed by atoms with Crippen LogP contribution in [0.15, 0.2) is 48.7 Å². The average Bonchev–Trinajstić information content (AvgIpc) is 2.46. The number of ether oxygens (including phenoxy) is 2. The Balaban J connectivity index is 1.99. The zero-order chi connectivity index (χ0) is 12.8. The summed E-state index contributed by atoms with van der Waals surface area (Å²) in [4.78, 5) is 15.9. The fourth-order valence-electron chi connectivity index (χ4n) is 1.46. The minimum atomic E-state index is -0.389. The smallest absolute Gasteiger partial charge is 0.338 e. The van der Waals surface area contributed by atoms with Crippen LogP contribution in [0.3, 0.4) is 0 Å². The molecule has 0 bridgehead atoms. The van der Waals surface area contributed by atoms with E-state index in [2.05, 4.69) is 4.98 Å². The first-order valence-electron chi connectivity index (χ1n) is 5.50. The zero-order valence-corrected chi connectivity index (χ0v) is 10.00. The summed E-state index contributed by atoms with van der Waals surface area (Å²) in [6, 6.07) is 12.3. The molecule has 1 aromatic heterocycles. The molecule has 1 aromatic carbocycles. The number of benzene rings is 1. The SMILES string of the molecule is COc1cccc(C(=O)OCc2ccccn2)c1. The molecular formula is C14H13NO3. The molecule has 0 aliphatic rings. The fourth-order valence-corrected chi connectivity index (χ4v) is 1.46. The Kier molecular flexibility index (Phi) is 3.91. The number of esters is 1. The summed E-state index contributed by atoms with van der Waals surface area (Å²) in [6.45, 7) is 0.164. The minimum absolute atomic E-state index is 0.164. The van der Waals surface area contributed by atoms with Gasteiger partial charge in [-0.15, -0.1) is 0 Å². The molecule has 0 unspecified atom stereocenters. The topological polar surface area (TPSA) is 48.4 Å². The van der Waals surface area contributed by atoms with E-state index in [1.807, 2.05) is 12.1 Å². The molecule has 2 aromatic rings. The first kappa shape index (κ1) is 12.1. The lowest BCUT2D eigenvalue weighted by atomic mass is 10.2. The van der Waals surface area contributed by atoms with Crippen molar-refractivity contribution in [3.63, 3.8) is 0 Å². The largest absolute Gasteiger partial charge is 0.497 e. The van der Waals surface area contributed by atoms with Gasteiger partial charge in [0.1, 0.15) is 12.4 Å². The van der Waals surface area contributed by atoms with Crippen LogP contribution in [0.4, 0.5) is 0 Å². The van der Waals surface area contributed by atoms with Crippen LogP contribution in [-0.4, -0.2) is 18.1 Å². The molecule has 0 radical (unpaired) electrons. The average molecular weight is 243 g/mol. The van der Waals surface area contributed by atoms with Gasteiger partial charge in [0.25, 0.3) is 0 Å². The highest BCUT2D eigenvalue weighted by molar-refractivity contribution is 5.89. The van der Waals surface area contributed by atoms with E-state index in [9.17, 15) is 4.79 Å². The maximum absolute atomic E-state index is 11.8. The number of carbonyl (C=O) groups is 1. The standard InChI is InChI=1S/C14H13NO3/c1-17-13-7-4-5-11(9-13)14(16)18-10-12-6-2-3-8-15-12/h2-9H,10H2,1H3. The monoisotopic (exact) mass is 243 g/mol. The Labute approximate surface area is 105 Å². The molecule has 0 saturated carbocycles. The van der Waals surface area contributed by atoms with Crippen molar-refractivity contribution >= 4 is 5.97 Å². The van der Waals surface area contributed by atoms with Crippen LogP contribution in [-0.2, 0) is 11.3 Å². The lowest BCUT2D eigenvalue weighted by Crippen LogP contribution is -2.06. The van der Waals surface area contributed by atoms with Crippen LogP contribution in [0.5, 0.6) is 5.75 Å². The van der Waals surface area contributed by atoms with Crippen LogP contribution in [0.25, 0.3) is 0 Å². The Bertz CT molecular complexity index is 526. The van der Waals surface area contributed by atoms with E-state index in [0.29, 0.717) is 17.0 Å². The maximum atomic E-state index is 11.8. The molecule has 0 spiro atoms. The quantitative estimate of drug-likeness (QED) is 0.774. The highest BCUT2D eigenvalue weighted by Crippen LogP contribution is 2.13. The van der Waals surface area contributed by atoms with Crippen LogP contribution < -0.4 is 4.74 Å². The summed E-state index contributed by atoms with van der Waals surface area (Å²) in [5, 5.41) is 0. The highest BCUT2D eigenvalue weighted by atomic mass is 16.5. The molecule has 0 amide bonds. The minimum Gasteiger partial charge on any atom is -0.497 e. The highest BCUT2D eigenvalue weighted by Gasteiger charge is 2.08. The molecule has 0 saturated heterocycles. The second-order valence-corrected chi connectivity index (χ2v) is 3.63. The van der Waals surface area contributed by atoms with Crippen molar-refractivity contribution in [3.8, 4) is 5.75 Å². The van der Waals surface area contributed by atoms with Crippen LogP contribution >= 0.6 is 0 Å². The van der Waals surface area contributed by atoms with Crippen molar-refractivity contribution in [3.05, 3.63) is 59.9 Å². The third kappa shape index (κ3) is 3.07. The summed E-state index contributed by atoms with van der Waals surface area (Å²) in [5.74, 6) is 0.238. The van der Waals surface area contributed by atoms with Crippen LogP contribution in [0.1, 0.15) is 16.1 Å². The molecule has 4 nitrogen and oxygen atoms in total. The van der Waals surface area contributed by atoms with Crippen molar-refractivity contribution in [1.29, 1.82) is 0 Å². The number of hydrogen-bond donors (Lipinski definition) is 0. The normalized spacial score (nSPS) is 9.83. The number of pyridine rings is 1. The van der Waals surface area contributed by atoms with Crippen LogP contribution in [0, 0.1) is 0 Å². The molecule has 4 heteroatoms. The Morgan fingerprint density at radius 2 is 2.11 bits per heavy atom. The fraction of sp³-hybridized carbons (Fsp3) is 0.143. The number of hydrogen-bond acceptors (Lipinski definition) is 4. The van der Waals surface area contributed by atoms with E-state index >= 15 is 0 Å². The van der Waals surface area contributed by atoms with Gasteiger partial charge in [-0.1, -0.05) is 12.1 Å². The van der Waals surface area contributed by atoms with E-state index in [1.165, 1.54) is 0 Å². The third-order valence-electron chi connectivity index (χ3n) is 2.38. The van der Waals surface area contributed by atoms with Gasteiger partial charge < -0.3 is 9.47 Å². The number of rotatable bonds is 4. The molecule has 0 N–H and O–H groups in total. The Morgan fingerprint density at radius 3 is 2.83 bits per heavy atom. The maximum Gasteiger partial charge on any atom is 0.338 e. The first-order valence-corrected chi connectivity index (χ1v) is 5.50. The number of carbonyl (C=O) groups excluding carboxylic acids is 1. The van der Waals surface area contributed by atoms with Crippen molar-refractivity contribution in [2.45, 2.75) is 6.61 Å². The molecule has 18 heavy (non-hydrogen) atoms. The van der Waals surface area contributed by atoms with E-state index in [0.717, 1.165) is 0 Å².